The van der Waals surface area contributed by atoms with Gasteiger partial charge in [-0.25, -0.2) is 13.8 Å². The summed E-state index contributed by atoms with van der Waals surface area (Å²) in [5.74, 6) is -1.76. The van der Waals surface area contributed by atoms with E-state index in [1.807, 2.05) is 48.2 Å². The molecule has 7 rings (SSSR count). The lowest BCUT2D eigenvalue weighted by Gasteiger charge is -2.27. The third-order valence-electron chi connectivity index (χ3n) is 9.67. The number of aromatic nitrogens is 3. The van der Waals surface area contributed by atoms with Gasteiger partial charge in [-0.2, -0.15) is 0 Å². The van der Waals surface area contributed by atoms with Gasteiger partial charge in [-0.1, -0.05) is 24.3 Å². The molecule has 2 N–H and O–H groups in total. The van der Waals surface area contributed by atoms with Gasteiger partial charge in [0, 0.05) is 66.7 Å². The number of ether oxygens (including phenoxy) is 2. The molecule has 3 heterocycles. The summed E-state index contributed by atoms with van der Waals surface area (Å²) < 4.78 is 46.1. The lowest BCUT2D eigenvalue weighted by molar-refractivity contribution is -0.112. The zero-order chi connectivity index (χ0) is 33.7. The Balaban J connectivity index is 1.11. The van der Waals surface area contributed by atoms with Crippen molar-refractivity contribution in [1.82, 2.24) is 19.4 Å². The fourth-order valence-electron chi connectivity index (χ4n) is 7.04. The molecule has 1 aliphatic carbocycles. The van der Waals surface area contributed by atoms with Crippen LogP contribution in [0, 0.1) is 25.5 Å². The maximum absolute atomic E-state index is 15.2. The van der Waals surface area contributed by atoms with Crippen LogP contribution in [0.3, 0.4) is 0 Å². The van der Waals surface area contributed by atoms with E-state index < -0.39 is 29.0 Å². The predicted octanol–water partition coefficient (Wildman–Crippen LogP) is 6.71. The molecule has 0 bridgehead atoms. The number of carbonyl (C=O) groups is 2. The van der Waals surface area contributed by atoms with E-state index in [2.05, 4.69) is 16.7 Å². The molecule has 1 aliphatic heterocycles. The van der Waals surface area contributed by atoms with Crippen molar-refractivity contribution in [3.8, 4) is 16.9 Å². The highest BCUT2D eigenvalue weighted by Crippen LogP contribution is 2.45. The van der Waals surface area contributed by atoms with Crippen LogP contribution < -0.4 is 15.4 Å². The van der Waals surface area contributed by atoms with E-state index in [1.54, 1.807) is 19.4 Å². The highest BCUT2D eigenvalue weighted by Gasteiger charge is 2.28. The summed E-state index contributed by atoms with van der Waals surface area (Å²) in [4.78, 5) is 31.0. The molecule has 1 amide bonds. The SMILES string of the molecule is COC1CCC(NC/C=C/C(=O)Nc2c(F)cc(C(=O)c3cn4c5c(cccc35)-c3c(C)cc5c(nc(C)n5C)c3OC4)cc2F)CC1. The number of anilines is 1. The minimum Gasteiger partial charge on any atom is -0.470 e. The minimum atomic E-state index is -1.04. The average molecular weight is 654 g/mol. The van der Waals surface area contributed by atoms with Crippen LogP contribution in [0.5, 0.6) is 5.75 Å². The Morgan fingerprint density at radius 2 is 1.85 bits per heavy atom. The number of aryl methyl sites for hydroxylation is 3. The number of hydrogen-bond acceptors (Lipinski definition) is 6. The first kappa shape index (κ1) is 31.7. The average Bonchev–Trinajstić information content (AvgIpc) is 3.53. The molecule has 2 aliphatic rings. The predicted molar refractivity (Wildman–Crippen MR) is 180 cm³/mol. The summed E-state index contributed by atoms with van der Waals surface area (Å²) in [6.07, 6.45) is 8.75. The number of nitrogens with one attached hydrogen (secondary N) is 2. The first-order valence-corrected chi connectivity index (χ1v) is 16.1. The van der Waals surface area contributed by atoms with Crippen molar-refractivity contribution in [3.05, 3.63) is 88.9 Å². The van der Waals surface area contributed by atoms with Crippen LogP contribution >= 0.6 is 0 Å². The van der Waals surface area contributed by atoms with E-state index in [-0.39, 0.29) is 17.9 Å². The van der Waals surface area contributed by atoms with Gasteiger partial charge < -0.3 is 29.2 Å². The molecule has 9 nitrogen and oxygen atoms in total. The van der Waals surface area contributed by atoms with Gasteiger partial charge >= 0.3 is 0 Å². The van der Waals surface area contributed by atoms with Gasteiger partial charge in [-0.05, 0) is 63.3 Å². The molecule has 2 aromatic heterocycles. The Morgan fingerprint density at radius 1 is 1.10 bits per heavy atom. The maximum atomic E-state index is 15.2. The number of fused-ring (bicyclic) bond motifs is 4. The van der Waals surface area contributed by atoms with Crippen LogP contribution in [0.2, 0.25) is 0 Å². The van der Waals surface area contributed by atoms with Gasteiger partial charge in [0.2, 0.25) is 5.91 Å². The lowest BCUT2D eigenvalue weighted by Crippen LogP contribution is -2.35. The van der Waals surface area contributed by atoms with Crippen LogP contribution in [0.1, 0.15) is 53.0 Å². The number of hydrogen-bond donors (Lipinski definition) is 2. The summed E-state index contributed by atoms with van der Waals surface area (Å²) in [6, 6.07) is 9.98. The molecule has 248 valence electrons. The highest BCUT2D eigenvalue weighted by atomic mass is 19.1. The number of rotatable bonds is 8. The van der Waals surface area contributed by atoms with Crippen molar-refractivity contribution in [1.29, 1.82) is 0 Å². The van der Waals surface area contributed by atoms with Gasteiger partial charge in [-0.15, -0.1) is 0 Å². The first-order chi connectivity index (χ1) is 23.1. The fraction of sp³-hybridized carbons (Fsp3) is 0.324. The number of ketones is 1. The molecule has 0 spiro atoms. The van der Waals surface area contributed by atoms with E-state index in [0.717, 1.165) is 76.9 Å². The van der Waals surface area contributed by atoms with Crippen molar-refractivity contribution in [2.24, 2.45) is 7.05 Å². The summed E-state index contributed by atoms with van der Waals surface area (Å²) in [5, 5.41) is 6.28. The number of para-hydroxylation sites is 1. The van der Waals surface area contributed by atoms with Crippen LogP contribution in [0.15, 0.2) is 54.7 Å². The summed E-state index contributed by atoms with van der Waals surface area (Å²) in [5.41, 5.74) is 4.77. The molecule has 1 fully saturated rings. The van der Waals surface area contributed by atoms with Gasteiger partial charge in [0.15, 0.2) is 18.3 Å². The van der Waals surface area contributed by atoms with Crippen LogP contribution in [-0.4, -0.2) is 51.6 Å². The number of amides is 1. The third kappa shape index (κ3) is 5.56. The Labute approximate surface area is 276 Å². The number of nitrogens with zero attached hydrogens (tertiary/aromatic N) is 3. The van der Waals surface area contributed by atoms with E-state index in [0.29, 0.717) is 29.8 Å². The molecule has 0 saturated heterocycles. The second kappa shape index (κ2) is 12.6. The smallest absolute Gasteiger partial charge is 0.248 e. The lowest BCUT2D eigenvalue weighted by atomic mass is 9.93. The molecule has 3 aromatic carbocycles. The Bertz CT molecular complexity index is 2100. The van der Waals surface area contributed by atoms with E-state index in [9.17, 15) is 9.59 Å². The Morgan fingerprint density at radius 3 is 2.58 bits per heavy atom. The van der Waals surface area contributed by atoms with Crippen LogP contribution in [0.25, 0.3) is 33.1 Å². The molecule has 0 radical (unpaired) electrons. The first-order valence-electron chi connectivity index (χ1n) is 16.1. The molecule has 48 heavy (non-hydrogen) atoms. The van der Waals surface area contributed by atoms with E-state index in [4.69, 9.17) is 14.5 Å². The molecule has 0 unspecified atom stereocenters. The van der Waals surface area contributed by atoms with Crippen LogP contribution in [-0.2, 0) is 23.3 Å². The number of benzene rings is 3. The Kier molecular flexibility index (Phi) is 8.34. The maximum Gasteiger partial charge on any atom is 0.248 e. The van der Waals surface area contributed by atoms with Crippen LogP contribution in [0.4, 0.5) is 14.5 Å². The second-order valence-electron chi connectivity index (χ2n) is 12.6. The molecule has 0 atom stereocenters. The van der Waals surface area contributed by atoms with E-state index in [1.165, 1.54) is 6.08 Å². The number of methoxy groups -OCH3 is 1. The van der Waals surface area contributed by atoms with Crippen molar-refractivity contribution in [2.75, 3.05) is 19.0 Å². The van der Waals surface area contributed by atoms with Gasteiger partial charge in [0.05, 0.1) is 17.1 Å². The van der Waals surface area contributed by atoms with Crippen molar-refractivity contribution in [3.63, 3.8) is 0 Å². The quantitative estimate of drug-likeness (QED) is 0.143. The van der Waals surface area contributed by atoms with E-state index >= 15 is 8.78 Å². The molecule has 5 aromatic rings. The summed E-state index contributed by atoms with van der Waals surface area (Å²) >= 11 is 0. The number of halogens is 2. The fourth-order valence-corrected chi connectivity index (χ4v) is 7.04. The molecular weight excluding hydrogens is 616 g/mol. The topological polar surface area (TPSA) is 99.4 Å². The molecule has 1 saturated carbocycles. The molecular formula is C37H37F2N5O4. The zero-order valence-electron chi connectivity index (χ0n) is 27.3. The molecule has 11 heteroatoms. The Hall–Kier alpha value is -4.87. The van der Waals surface area contributed by atoms with Crippen molar-refractivity contribution < 1.29 is 27.8 Å². The second-order valence-corrected chi connectivity index (χ2v) is 12.6. The number of carbonyl (C=O) groups excluding carboxylic acids is 2. The monoisotopic (exact) mass is 653 g/mol. The standard InChI is InChI=1S/C37H37F2N5O4/c1-20-15-30-34(41-21(2)43(30)3)37-32(20)26-8-5-7-25-27(18-44(19-48-37)35(25)26)36(46)22-16-28(38)33(29(39)17-22)42-31(45)9-6-14-40-23-10-12-24(47-4)13-11-23/h5-9,15-18,23-24,40H,10-14,19H2,1-4H3,(H,42,45)/b9-6+. The normalized spacial score (nSPS) is 17.5. The van der Waals surface area contributed by atoms with Gasteiger partial charge in [-0.3, -0.25) is 9.59 Å². The third-order valence-corrected chi connectivity index (χ3v) is 9.67. The van der Waals surface area contributed by atoms with Crippen molar-refractivity contribution >= 4 is 39.3 Å². The largest absolute Gasteiger partial charge is 0.470 e. The van der Waals surface area contributed by atoms with Crippen molar-refractivity contribution in [2.45, 2.75) is 58.4 Å². The minimum absolute atomic E-state index is 0.119. The zero-order valence-corrected chi connectivity index (χ0v) is 27.3. The summed E-state index contributed by atoms with van der Waals surface area (Å²) in [6.45, 7) is 4.53. The summed E-state index contributed by atoms with van der Waals surface area (Å²) in [7, 11) is 3.69. The number of imidazole rings is 1. The highest BCUT2D eigenvalue weighted by molar-refractivity contribution is 6.18. The van der Waals surface area contributed by atoms with Gasteiger partial charge in [0.25, 0.3) is 0 Å². The van der Waals surface area contributed by atoms with Gasteiger partial charge in [0.1, 0.15) is 28.7 Å².